The van der Waals surface area contributed by atoms with Gasteiger partial charge in [-0.05, 0) is 37.5 Å². The second kappa shape index (κ2) is 4.88. The molecule has 2 rings (SSSR count). The molecule has 0 amide bonds. The van der Waals surface area contributed by atoms with Crippen LogP contribution in [-0.2, 0) is 4.74 Å². The highest BCUT2D eigenvalue weighted by Crippen LogP contribution is 2.32. The van der Waals surface area contributed by atoms with Crippen molar-refractivity contribution in [3.8, 4) is 0 Å². The predicted molar refractivity (Wildman–Crippen MR) is 61.9 cm³/mol. The molecular formula is C12H14ClF2NO. The molecule has 1 heterocycles. The van der Waals surface area contributed by atoms with Crippen LogP contribution in [0.5, 0.6) is 0 Å². The summed E-state index contributed by atoms with van der Waals surface area (Å²) >= 11 is 5.87. The largest absolute Gasteiger partial charge is 0.373 e. The standard InChI is InChI=1S/C12H14ClF2NO/c1-6-2-3-11(17-6)12(16)7-4-9(14)10(15)5-8(7)13/h4-6,11-12H,2-3,16H2,1H3. The fraction of sp³-hybridized carbons (Fsp3) is 0.500. The van der Waals surface area contributed by atoms with E-state index >= 15 is 0 Å². The Hall–Kier alpha value is -0.710. The summed E-state index contributed by atoms with van der Waals surface area (Å²) in [4.78, 5) is 0. The average molecular weight is 262 g/mol. The fourth-order valence-corrected chi connectivity index (χ4v) is 2.37. The number of rotatable bonds is 2. The minimum atomic E-state index is -0.966. The van der Waals surface area contributed by atoms with Gasteiger partial charge in [-0.25, -0.2) is 8.78 Å². The van der Waals surface area contributed by atoms with Gasteiger partial charge < -0.3 is 10.5 Å². The molecule has 0 saturated carbocycles. The van der Waals surface area contributed by atoms with Crippen molar-refractivity contribution in [2.45, 2.75) is 38.0 Å². The molecule has 1 aromatic carbocycles. The molecule has 1 fully saturated rings. The van der Waals surface area contributed by atoms with E-state index in [2.05, 4.69) is 0 Å². The lowest BCUT2D eigenvalue weighted by molar-refractivity contribution is 0.0401. The third-order valence-corrected chi connectivity index (χ3v) is 3.39. The highest BCUT2D eigenvalue weighted by Gasteiger charge is 2.30. The molecule has 0 spiro atoms. The molecule has 2 N–H and O–H groups in total. The maximum absolute atomic E-state index is 13.2. The number of nitrogens with two attached hydrogens (primary N) is 1. The zero-order valence-electron chi connectivity index (χ0n) is 9.42. The Bertz CT molecular complexity index is 427. The van der Waals surface area contributed by atoms with Gasteiger partial charge in [0.15, 0.2) is 11.6 Å². The van der Waals surface area contributed by atoms with Crippen molar-refractivity contribution >= 4 is 11.6 Å². The summed E-state index contributed by atoms with van der Waals surface area (Å²) in [5.74, 6) is -1.91. The van der Waals surface area contributed by atoms with Crippen molar-refractivity contribution in [3.05, 3.63) is 34.4 Å². The van der Waals surface area contributed by atoms with Crippen LogP contribution in [-0.4, -0.2) is 12.2 Å². The molecule has 17 heavy (non-hydrogen) atoms. The van der Waals surface area contributed by atoms with E-state index in [1.54, 1.807) is 0 Å². The quantitative estimate of drug-likeness (QED) is 0.830. The van der Waals surface area contributed by atoms with E-state index in [1.807, 2.05) is 6.92 Å². The monoisotopic (exact) mass is 261 g/mol. The van der Waals surface area contributed by atoms with Gasteiger partial charge in [-0.15, -0.1) is 0 Å². The first-order chi connectivity index (χ1) is 7.99. The normalized spacial score (nSPS) is 26.2. The third-order valence-electron chi connectivity index (χ3n) is 3.06. The molecule has 2 nitrogen and oxygen atoms in total. The molecule has 0 aromatic heterocycles. The van der Waals surface area contributed by atoms with E-state index in [-0.39, 0.29) is 17.2 Å². The molecule has 1 saturated heterocycles. The zero-order valence-corrected chi connectivity index (χ0v) is 10.2. The number of hydrogen-bond donors (Lipinski definition) is 1. The Kier molecular flexibility index (Phi) is 3.66. The molecule has 94 valence electrons. The van der Waals surface area contributed by atoms with Crippen LogP contribution in [0.3, 0.4) is 0 Å². The van der Waals surface area contributed by atoms with E-state index < -0.39 is 17.7 Å². The summed E-state index contributed by atoms with van der Waals surface area (Å²) in [6.07, 6.45) is 1.68. The van der Waals surface area contributed by atoms with Gasteiger partial charge in [-0.1, -0.05) is 11.6 Å². The average Bonchev–Trinajstić information content (AvgIpc) is 2.69. The summed E-state index contributed by atoms with van der Waals surface area (Å²) in [6, 6.07) is 1.47. The predicted octanol–water partition coefficient (Wildman–Crippen LogP) is 3.19. The Morgan fingerprint density at radius 2 is 2.00 bits per heavy atom. The molecule has 1 aliphatic rings. The maximum Gasteiger partial charge on any atom is 0.160 e. The van der Waals surface area contributed by atoms with Gasteiger partial charge in [-0.2, -0.15) is 0 Å². The minimum absolute atomic E-state index is 0.138. The summed E-state index contributed by atoms with van der Waals surface area (Å²) in [5, 5.41) is 0.138. The molecule has 1 aromatic rings. The molecule has 3 unspecified atom stereocenters. The summed E-state index contributed by atoms with van der Waals surface area (Å²) in [7, 11) is 0. The maximum atomic E-state index is 13.2. The molecular weight excluding hydrogens is 248 g/mol. The van der Waals surface area contributed by atoms with Crippen LogP contribution in [0.1, 0.15) is 31.4 Å². The Morgan fingerprint density at radius 3 is 2.59 bits per heavy atom. The van der Waals surface area contributed by atoms with E-state index in [9.17, 15) is 8.78 Å². The van der Waals surface area contributed by atoms with Gasteiger partial charge in [0.25, 0.3) is 0 Å². The molecule has 0 bridgehead atoms. The number of benzene rings is 1. The first kappa shape index (κ1) is 12.7. The van der Waals surface area contributed by atoms with Gasteiger partial charge in [0.05, 0.1) is 18.2 Å². The van der Waals surface area contributed by atoms with E-state index in [0.29, 0.717) is 5.56 Å². The smallest absolute Gasteiger partial charge is 0.160 e. The topological polar surface area (TPSA) is 35.2 Å². The molecule has 5 heteroatoms. The SMILES string of the molecule is CC1CCC(C(N)c2cc(F)c(F)cc2Cl)O1. The molecule has 0 radical (unpaired) electrons. The van der Waals surface area contributed by atoms with E-state index in [4.69, 9.17) is 22.1 Å². The van der Waals surface area contributed by atoms with Crippen LogP contribution in [0.4, 0.5) is 8.78 Å². The Labute approximate surface area is 104 Å². The summed E-state index contributed by atoms with van der Waals surface area (Å²) in [6.45, 7) is 1.96. The Balaban J connectivity index is 2.24. The van der Waals surface area contributed by atoms with Crippen LogP contribution in [0, 0.1) is 11.6 Å². The van der Waals surface area contributed by atoms with Gasteiger partial charge in [0.2, 0.25) is 0 Å². The van der Waals surface area contributed by atoms with Crippen molar-refractivity contribution in [2.24, 2.45) is 5.73 Å². The molecule has 0 aliphatic carbocycles. The van der Waals surface area contributed by atoms with Gasteiger partial charge in [0, 0.05) is 5.02 Å². The number of ether oxygens (including phenoxy) is 1. The Morgan fingerprint density at radius 1 is 1.35 bits per heavy atom. The first-order valence-corrected chi connectivity index (χ1v) is 5.92. The van der Waals surface area contributed by atoms with E-state index in [0.717, 1.165) is 25.0 Å². The minimum Gasteiger partial charge on any atom is -0.373 e. The number of halogens is 3. The van der Waals surface area contributed by atoms with Gasteiger partial charge in [-0.3, -0.25) is 0 Å². The van der Waals surface area contributed by atoms with Crippen molar-refractivity contribution < 1.29 is 13.5 Å². The van der Waals surface area contributed by atoms with Crippen LogP contribution in [0.15, 0.2) is 12.1 Å². The van der Waals surface area contributed by atoms with Crippen molar-refractivity contribution in [2.75, 3.05) is 0 Å². The third kappa shape index (κ3) is 2.59. The van der Waals surface area contributed by atoms with E-state index in [1.165, 1.54) is 0 Å². The first-order valence-electron chi connectivity index (χ1n) is 5.54. The van der Waals surface area contributed by atoms with Crippen LogP contribution >= 0.6 is 11.6 Å². The van der Waals surface area contributed by atoms with Crippen molar-refractivity contribution in [3.63, 3.8) is 0 Å². The number of hydrogen-bond acceptors (Lipinski definition) is 2. The fourth-order valence-electron chi connectivity index (χ4n) is 2.09. The lowest BCUT2D eigenvalue weighted by Gasteiger charge is -2.21. The van der Waals surface area contributed by atoms with Crippen molar-refractivity contribution in [1.29, 1.82) is 0 Å². The van der Waals surface area contributed by atoms with Crippen LogP contribution in [0.2, 0.25) is 5.02 Å². The van der Waals surface area contributed by atoms with Gasteiger partial charge in [0.1, 0.15) is 0 Å². The molecule has 3 atom stereocenters. The lowest BCUT2D eigenvalue weighted by Crippen LogP contribution is -2.26. The van der Waals surface area contributed by atoms with Crippen molar-refractivity contribution in [1.82, 2.24) is 0 Å². The second-order valence-electron chi connectivity index (χ2n) is 4.38. The lowest BCUT2D eigenvalue weighted by atomic mass is 10.00. The highest BCUT2D eigenvalue weighted by atomic mass is 35.5. The summed E-state index contributed by atoms with van der Waals surface area (Å²) in [5.41, 5.74) is 6.38. The second-order valence-corrected chi connectivity index (χ2v) is 4.78. The highest BCUT2D eigenvalue weighted by molar-refractivity contribution is 6.31. The summed E-state index contributed by atoms with van der Waals surface area (Å²) < 4.78 is 31.7. The zero-order chi connectivity index (χ0) is 12.6. The van der Waals surface area contributed by atoms with Gasteiger partial charge >= 0.3 is 0 Å². The molecule has 1 aliphatic heterocycles. The van der Waals surface area contributed by atoms with Crippen LogP contribution in [0.25, 0.3) is 0 Å². The van der Waals surface area contributed by atoms with Crippen LogP contribution < -0.4 is 5.73 Å².